The van der Waals surface area contributed by atoms with Crippen molar-refractivity contribution in [1.29, 1.82) is 0 Å². The molecule has 0 aliphatic carbocycles. The number of nitrogens with zero attached hydrogens (tertiary/aromatic N) is 4. The van der Waals surface area contributed by atoms with Crippen LogP contribution < -0.4 is 5.32 Å². The summed E-state index contributed by atoms with van der Waals surface area (Å²) in [6.45, 7) is 6.64. The van der Waals surface area contributed by atoms with Crippen LogP contribution in [0, 0.1) is 5.82 Å². The molecule has 1 aromatic carbocycles. The number of nitrogens with one attached hydrogen (secondary N) is 1. The standard InChI is InChI=1S/C19H22FN5O/c1-5-24(4)19(26)22-15-6-7-16(20)17(9-15)25-11-14-8-13(12(2)3)10-21-18(14)23-25/h6-12H,5H2,1-4H3,(H,22,26). The molecule has 0 bridgehead atoms. The van der Waals surface area contributed by atoms with E-state index < -0.39 is 5.82 Å². The van der Waals surface area contributed by atoms with Crippen molar-refractivity contribution in [3.05, 3.63) is 48.0 Å². The van der Waals surface area contributed by atoms with E-state index in [0.29, 0.717) is 23.8 Å². The highest BCUT2D eigenvalue weighted by Gasteiger charge is 2.13. The molecule has 0 atom stereocenters. The van der Waals surface area contributed by atoms with Gasteiger partial charge in [-0.2, -0.15) is 0 Å². The third kappa shape index (κ3) is 3.51. The van der Waals surface area contributed by atoms with Crippen LogP contribution in [-0.4, -0.2) is 39.3 Å². The van der Waals surface area contributed by atoms with Crippen molar-refractivity contribution < 1.29 is 9.18 Å². The predicted octanol–water partition coefficient (Wildman–Crippen LogP) is 4.17. The average Bonchev–Trinajstić information content (AvgIpc) is 3.05. The van der Waals surface area contributed by atoms with E-state index in [0.717, 1.165) is 10.9 Å². The highest BCUT2D eigenvalue weighted by molar-refractivity contribution is 5.89. The van der Waals surface area contributed by atoms with Crippen LogP contribution in [0.5, 0.6) is 0 Å². The first-order valence-corrected chi connectivity index (χ1v) is 8.56. The zero-order valence-electron chi connectivity index (χ0n) is 15.3. The summed E-state index contributed by atoms with van der Waals surface area (Å²) in [5.74, 6) is -0.0789. The molecule has 0 saturated heterocycles. The first kappa shape index (κ1) is 17.8. The second-order valence-corrected chi connectivity index (χ2v) is 6.52. The summed E-state index contributed by atoms with van der Waals surface area (Å²) in [6.07, 6.45) is 3.54. The van der Waals surface area contributed by atoms with Crippen molar-refractivity contribution in [1.82, 2.24) is 19.7 Å². The molecule has 6 nitrogen and oxygen atoms in total. The summed E-state index contributed by atoms with van der Waals surface area (Å²) in [7, 11) is 1.69. The van der Waals surface area contributed by atoms with Gasteiger partial charge in [0.05, 0.1) is 0 Å². The fourth-order valence-corrected chi connectivity index (χ4v) is 2.50. The van der Waals surface area contributed by atoms with Gasteiger partial charge in [0.1, 0.15) is 11.5 Å². The van der Waals surface area contributed by atoms with Crippen molar-refractivity contribution >= 4 is 22.8 Å². The fourth-order valence-electron chi connectivity index (χ4n) is 2.50. The van der Waals surface area contributed by atoms with Gasteiger partial charge < -0.3 is 10.2 Å². The molecule has 26 heavy (non-hydrogen) atoms. The third-order valence-electron chi connectivity index (χ3n) is 4.31. The number of hydrogen-bond acceptors (Lipinski definition) is 3. The number of fused-ring (bicyclic) bond motifs is 1. The summed E-state index contributed by atoms with van der Waals surface area (Å²) >= 11 is 0. The van der Waals surface area contributed by atoms with Crippen LogP contribution in [0.25, 0.3) is 16.7 Å². The Morgan fingerprint density at radius 3 is 2.81 bits per heavy atom. The summed E-state index contributed by atoms with van der Waals surface area (Å²) in [6, 6.07) is 6.16. The fraction of sp³-hybridized carbons (Fsp3) is 0.316. The van der Waals surface area contributed by atoms with E-state index in [2.05, 4.69) is 29.2 Å². The Bertz CT molecular complexity index is 950. The zero-order valence-corrected chi connectivity index (χ0v) is 15.3. The molecule has 0 aliphatic rings. The van der Waals surface area contributed by atoms with Gasteiger partial charge in [-0.25, -0.2) is 18.9 Å². The van der Waals surface area contributed by atoms with Crippen LogP contribution in [0.15, 0.2) is 36.7 Å². The molecule has 2 amide bonds. The predicted molar refractivity (Wildman–Crippen MR) is 100 cm³/mol. The highest BCUT2D eigenvalue weighted by atomic mass is 19.1. The zero-order chi connectivity index (χ0) is 18.8. The first-order valence-electron chi connectivity index (χ1n) is 8.56. The molecule has 0 unspecified atom stereocenters. The second kappa shape index (κ2) is 7.11. The highest BCUT2D eigenvalue weighted by Crippen LogP contribution is 2.23. The van der Waals surface area contributed by atoms with Crippen molar-refractivity contribution in [3.63, 3.8) is 0 Å². The monoisotopic (exact) mass is 355 g/mol. The molecular formula is C19H22FN5O. The average molecular weight is 355 g/mol. The summed E-state index contributed by atoms with van der Waals surface area (Å²) < 4.78 is 15.8. The van der Waals surface area contributed by atoms with Gasteiger partial charge >= 0.3 is 6.03 Å². The van der Waals surface area contributed by atoms with Gasteiger partial charge in [-0.1, -0.05) is 13.8 Å². The lowest BCUT2D eigenvalue weighted by molar-refractivity contribution is 0.224. The molecule has 0 aliphatic heterocycles. The number of pyridine rings is 1. The molecule has 0 radical (unpaired) electrons. The van der Waals surface area contributed by atoms with Gasteiger partial charge in [-0.15, -0.1) is 5.10 Å². The van der Waals surface area contributed by atoms with E-state index in [9.17, 15) is 9.18 Å². The molecule has 1 N–H and O–H groups in total. The van der Waals surface area contributed by atoms with Crippen LogP contribution in [-0.2, 0) is 0 Å². The lowest BCUT2D eigenvalue weighted by Gasteiger charge is -2.16. The van der Waals surface area contributed by atoms with Crippen LogP contribution in [0.2, 0.25) is 0 Å². The summed E-state index contributed by atoms with van der Waals surface area (Å²) in [5.41, 5.74) is 2.41. The van der Waals surface area contributed by atoms with Gasteiger partial charge in [0, 0.05) is 37.1 Å². The Morgan fingerprint density at radius 2 is 2.12 bits per heavy atom. The maximum atomic E-state index is 14.3. The van der Waals surface area contributed by atoms with Gasteiger partial charge in [-0.3, -0.25) is 0 Å². The lowest BCUT2D eigenvalue weighted by Crippen LogP contribution is -2.30. The molecule has 3 rings (SSSR count). The van der Waals surface area contributed by atoms with E-state index in [1.807, 2.05) is 13.0 Å². The number of hydrogen-bond donors (Lipinski definition) is 1. The third-order valence-corrected chi connectivity index (χ3v) is 4.31. The maximum absolute atomic E-state index is 14.3. The van der Waals surface area contributed by atoms with Gasteiger partial charge in [0.2, 0.25) is 0 Å². The minimum Gasteiger partial charge on any atom is -0.328 e. The number of halogens is 1. The Kier molecular flexibility index (Phi) is 4.88. The summed E-state index contributed by atoms with van der Waals surface area (Å²) in [4.78, 5) is 17.9. The van der Waals surface area contributed by atoms with E-state index in [1.165, 1.54) is 21.7 Å². The van der Waals surface area contributed by atoms with Gasteiger partial charge in [0.15, 0.2) is 5.65 Å². The minimum atomic E-state index is -0.427. The SMILES string of the molecule is CCN(C)C(=O)Nc1ccc(F)c(-n2cc3cc(C(C)C)cnc3n2)c1. The van der Waals surface area contributed by atoms with E-state index in [1.54, 1.807) is 25.5 Å². The quantitative estimate of drug-likeness (QED) is 0.764. The van der Waals surface area contributed by atoms with E-state index >= 15 is 0 Å². The first-order chi connectivity index (χ1) is 12.4. The Balaban J connectivity index is 1.96. The smallest absolute Gasteiger partial charge is 0.321 e. The van der Waals surface area contributed by atoms with Crippen LogP contribution in [0.4, 0.5) is 14.9 Å². The number of carbonyl (C=O) groups excluding carboxylic acids is 1. The largest absolute Gasteiger partial charge is 0.328 e. The summed E-state index contributed by atoms with van der Waals surface area (Å²) in [5, 5.41) is 7.95. The number of aromatic nitrogens is 3. The lowest BCUT2D eigenvalue weighted by atomic mass is 10.1. The normalized spacial score (nSPS) is 11.2. The second-order valence-electron chi connectivity index (χ2n) is 6.52. The number of rotatable bonds is 4. The van der Waals surface area contributed by atoms with Crippen LogP contribution >= 0.6 is 0 Å². The maximum Gasteiger partial charge on any atom is 0.321 e. The van der Waals surface area contributed by atoms with Crippen molar-refractivity contribution in [3.8, 4) is 5.69 Å². The van der Waals surface area contributed by atoms with Gasteiger partial charge in [0.25, 0.3) is 0 Å². The molecule has 0 saturated carbocycles. The van der Waals surface area contributed by atoms with Crippen molar-refractivity contribution in [2.75, 3.05) is 18.9 Å². The Labute approximate surface area is 151 Å². The van der Waals surface area contributed by atoms with Crippen molar-refractivity contribution in [2.24, 2.45) is 0 Å². The van der Waals surface area contributed by atoms with Gasteiger partial charge in [-0.05, 0) is 42.7 Å². The number of anilines is 1. The minimum absolute atomic E-state index is 0.251. The molecular weight excluding hydrogens is 333 g/mol. The molecule has 136 valence electrons. The Morgan fingerprint density at radius 1 is 1.35 bits per heavy atom. The van der Waals surface area contributed by atoms with Crippen LogP contribution in [0.3, 0.4) is 0 Å². The molecule has 2 heterocycles. The van der Waals surface area contributed by atoms with Crippen molar-refractivity contribution in [2.45, 2.75) is 26.7 Å². The number of urea groups is 1. The topological polar surface area (TPSA) is 63.1 Å². The molecule has 3 aromatic rings. The number of benzene rings is 1. The Hall–Kier alpha value is -2.96. The van der Waals surface area contributed by atoms with Crippen LogP contribution in [0.1, 0.15) is 32.3 Å². The number of carbonyl (C=O) groups is 1. The number of amides is 2. The molecule has 7 heteroatoms. The van der Waals surface area contributed by atoms with E-state index in [-0.39, 0.29) is 11.7 Å². The molecule has 0 fully saturated rings. The molecule has 2 aromatic heterocycles. The molecule has 0 spiro atoms. The van der Waals surface area contributed by atoms with E-state index in [4.69, 9.17) is 0 Å².